The summed E-state index contributed by atoms with van der Waals surface area (Å²) in [6.45, 7) is 0. The van der Waals surface area contributed by atoms with E-state index in [1.54, 1.807) is 0 Å². The number of nitro groups is 1. The number of hydrogen-bond acceptors (Lipinski definition) is 4. The van der Waals surface area contributed by atoms with Crippen molar-refractivity contribution in [1.29, 1.82) is 0 Å². The number of nitrogens with zero attached hydrogens (tertiary/aromatic N) is 1. The zero-order chi connectivity index (χ0) is 14.0. The number of carbonyl (C=O) groups excluding carboxylic acids is 1. The van der Waals surface area contributed by atoms with Crippen LogP contribution in [0.4, 0.5) is 10.1 Å². The number of aromatic nitrogens is 1. The summed E-state index contributed by atoms with van der Waals surface area (Å²) in [4.78, 5) is 23.9. The number of ether oxygens (including phenoxy) is 1. The highest BCUT2D eigenvalue weighted by Gasteiger charge is 2.15. The summed E-state index contributed by atoms with van der Waals surface area (Å²) >= 11 is 0. The van der Waals surface area contributed by atoms with Crippen LogP contribution in [0, 0.1) is 15.9 Å². The number of nitrogens with one attached hydrogen (secondary N) is 1. The van der Waals surface area contributed by atoms with Gasteiger partial charge in [0.15, 0.2) is 0 Å². The van der Waals surface area contributed by atoms with Crippen LogP contribution in [0.15, 0.2) is 30.3 Å². The molecule has 6 nitrogen and oxygen atoms in total. The Labute approximate surface area is 107 Å². The summed E-state index contributed by atoms with van der Waals surface area (Å²) in [5.41, 5.74) is 0.194. The minimum atomic E-state index is -0.621. The third kappa shape index (κ3) is 2.44. The summed E-state index contributed by atoms with van der Waals surface area (Å²) in [5.74, 6) is -1.22. The highest BCUT2D eigenvalue weighted by atomic mass is 19.1. The van der Waals surface area contributed by atoms with Crippen molar-refractivity contribution in [2.75, 3.05) is 7.11 Å². The smallest absolute Gasteiger partial charge is 0.354 e. The molecule has 0 atom stereocenters. The molecule has 1 N–H and O–H groups in total. The SMILES string of the molecule is COC(=O)c1ccc(-c2cc([N+](=O)[O-])ccc2F)[nH]1. The number of carbonyl (C=O) groups is 1. The summed E-state index contributed by atoms with van der Waals surface area (Å²) in [6, 6.07) is 6.05. The van der Waals surface area contributed by atoms with E-state index >= 15 is 0 Å². The van der Waals surface area contributed by atoms with Crippen LogP contribution in [-0.2, 0) is 4.74 Å². The Bertz CT molecular complexity index is 651. The molecule has 0 unspecified atom stereocenters. The van der Waals surface area contributed by atoms with Gasteiger partial charge in [-0.2, -0.15) is 0 Å². The third-order valence-corrected chi connectivity index (χ3v) is 2.54. The van der Waals surface area contributed by atoms with Crippen LogP contribution in [0.2, 0.25) is 0 Å². The first kappa shape index (κ1) is 12.7. The normalized spacial score (nSPS) is 10.2. The minimum absolute atomic E-state index is 0.0179. The summed E-state index contributed by atoms with van der Waals surface area (Å²) in [6.07, 6.45) is 0. The van der Waals surface area contributed by atoms with E-state index in [0.29, 0.717) is 0 Å². The van der Waals surface area contributed by atoms with Crippen LogP contribution < -0.4 is 0 Å². The van der Waals surface area contributed by atoms with E-state index in [9.17, 15) is 19.3 Å². The number of nitro benzene ring substituents is 1. The molecule has 7 heteroatoms. The highest BCUT2D eigenvalue weighted by Crippen LogP contribution is 2.26. The number of rotatable bonds is 3. The largest absolute Gasteiger partial charge is 0.464 e. The van der Waals surface area contributed by atoms with Gasteiger partial charge in [0.25, 0.3) is 5.69 Å². The van der Waals surface area contributed by atoms with Gasteiger partial charge >= 0.3 is 5.97 Å². The van der Waals surface area contributed by atoms with Crippen molar-refractivity contribution in [3.8, 4) is 11.3 Å². The number of esters is 1. The van der Waals surface area contributed by atoms with E-state index < -0.39 is 16.7 Å². The summed E-state index contributed by atoms with van der Waals surface area (Å²) < 4.78 is 18.2. The van der Waals surface area contributed by atoms with Crippen molar-refractivity contribution in [2.24, 2.45) is 0 Å². The molecular formula is C12H9FN2O4. The standard InChI is InChI=1S/C12H9FN2O4/c1-19-12(16)11-5-4-10(14-11)8-6-7(15(17)18)2-3-9(8)13/h2-6,14H,1H3. The fourth-order valence-electron chi connectivity index (χ4n) is 1.61. The summed E-state index contributed by atoms with van der Waals surface area (Å²) in [7, 11) is 1.22. The van der Waals surface area contributed by atoms with Gasteiger partial charge in [0.05, 0.1) is 12.0 Å². The minimum Gasteiger partial charge on any atom is -0.464 e. The van der Waals surface area contributed by atoms with Gasteiger partial charge in [0, 0.05) is 23.4 Å². The molecule has 98 valence electrons. The molecule has 0 radical (unpaired) electrons. The van der Waals surface area contributed by atoms with E-state index in [1.807, 2.05) is 0 Å². The van der Waals surface area contributed by atoms with Gasteiger partial charge in [-0.25, -0.2) is 9.18 Å². The van der Waals surface area contributed by atoms with Crippen molar-refractivity contribution >= 4 is 11.7 Å². The Morgan fingerprint density at radius 2 is 2.11 bits per heavy atom. The van der Waals surface area contributed by atoms with E-state index in [0.717, 1.165) is 18.2 Å². The van der Waals surface area contributed by atoms with Crippen molar-refractivity contribution < 1.29 is 18.8 Å². The second-order valence-electron chi connectivity index (χ2n) is 3.70. The molecular weight excluding hydrogens is 255 g/mol. The molecule has 0 spiro atoms. The Kier molecular flexibility index (Phi) is 3.28. The van der Waals surface area contributed by atoms with E-state index in [1.165, 1.54) is 19.2 Å². The average molecular weight is 264 g/mol. The van der Waals surface area contributed by atoms with Crippen LogP contribution in [0.3, 0.4) is 0 Å². The van der Waals surface area contributed by atoms with Gasteiger partial charge < -0.3 is 9.72 Å². The Morgan fingerprint density at radius 3 is 2.74 bits per heavy atom. The molecule has 1 aromatic heterocycles. The lowest BCUT2D eigenvalue weighted by atomic mass is 10.1. The quantitative estimate of drug-likeness (QED) is 0.524. The number of methoxy groups -OCH3 is 1. The molecule has 0 fully saturated rings. The zero-order valence-electron chi connectivity index (χ0n) is 9.84. The molecule has 0 aliphatic heterocycles. The lowest BCUT2D eigenvalue weighted by Crippen LogP contribution is -2.01. The Balaban J connectivity index is 2.46. The lowest BCUT2D eigenvalue weighted by molar-refractivity contribution is -0.384. The predicted molar refractivity (Wildman–Crippen MR) is 64.2 cm³/mol. The molecule has 19 heavy (non-hydrogen) atoms. The monoisotopic (exact) mass is 264 g/mol. The van der Waals surface area contributed by atoms with Crippen molar-refractivity contribution in [2.45, 2.75) is 0 Å². The maximum Gasteiger partial charge on any atom is 0.354 e. The first-order valence-electron chi connectivity index (χ1n) is 5.24. The van der Waals surface area contributed by atoms with Crippen LogP contribution in [-0.4, -0.2) is 23.0 Å². The molecule has 0 aliphatic carbocycles. The fourth-order valence-corrected chi connectivity index (χ4v) is 1.61. The number of halogens is 1. The number of non-ortho nitro benzene ring substituents is 1. The van der Waals surface area contributed by atoms with Gasteiger partial charge in [0.1, 0.15) is 11.5 Å². The topological polar surface area (TPSA) is 85.2 Å². The zero-order valence-corrected chi connectivity index (χ0v) is 9.84. The molecule has 2 aromatic rings. The van der Waals surface area contributed by atoms with Gasteiger partial charge in [-0.1, -0.05) is 0 Å². The fraction of sp³-hybridized carbons (Fsp3) is 0.0833. The number of H-pyrrole nitrogens is 1. The van der Waals surface area contributed by atoms with Gasteiger partial charge in [-0.15, -0.1) is 0 Å². The molecule has 2 rings (SSSR count). The first-order chi connectivity index (χ1) is 9.02. The van der Waals surface area contributed by atoms with E-state index in [2.05, 4.69) is 9.72 Å². The highest BCUT2D eigenvalue weighted by molar-refractivity contribution is 5.88. The molecule has 0 bridgehead atoms. The van der Waals surface area contributed by atoms with Crippen molar-refractivity contribution in [1.82, 2.24) is 4.98 Å². The second-order valence-corrected chi connectivity index (χ2v) is 3.70. The van der Waals surface area contributed by atoms with Crippen LogP contribution >= 0.6 is 0 Å². The van der Waals surface area contributed by atoms with E-state index in [-0.39, 0.29) is 22.6 Å². The second kappa shape index (κ2) is 4.89. The molecule has 1 heterocycles. The first-order valence-corrected chi connectivity index (χ1v) is 5.24. The van der Waals surface area contributed by atoms with Crippen LogP contribution in [0.5, 0.6) is 0 Å². The average Bonchev–Trinajstić information content (AvgIpc) is 2.87. The molecule has 0 saturated carbocycles. The Hall–Kier alpha value is -2.70. The summed E-state index contributed by atoms with van der Waals surface area (Å²) in [5, 5.41) is 10.7. The maximum absolute atomic E-state index is 13.7. The maximum atomic E-state index is 13.7. The lowest BCUT2D eigenvalue weighted by Gasteiger charge is -2.01. The molecule has 0 saturated heterocycles. The van der Waals surface area contributed by atoms with Gasteiger partial charge in [-0.3, -0.25) is 10.1 Å². The Morgan fingerprint density at radius 1 is 1.37 bits per heavy atom. The molecule has 1 aromatic carbocycles. The van der Waals surface area contributed by atoms with Crippen LogP contribution in [0.25, 0.3) is 11.3 Å². The predicted octanol–water partition coefficient (Wildman–Crippen LogP) is 2.52. The molecule has 0 amide bonds. The van der Waals surface area contributed by atoms with E-state index in [4.69, 9.17) is 0 Å². The van der Waals surface area contributed by atoms with Gasteiger partial charge in [-0.05, 0) is 18.2 Å². The van der Waals surface area contributed by atoms with Crippen LogP contribution in [0.1, 0.15) is 10.5 Å². The van der Waals surface area contributed by atoms with Crippen molar-refractivity contribution in [3.05, 3.63) is 52.0 Å². The van der Waals surface area contributed by atoms with Crippen molar-refractivity contribution in [3.63, 3.8) is 0 Å². The number of benzene rings is 1. The van der Waals surface area contributed by atoms with Gasteiger partial charge in [0.2, 0.25) is 0 Å². The number of hydrogen-bond donors (Lipinski definition) is 1. The third-order valence-electron chi connectivity index (χ3n) is 2.54. The number of aromatic amines is 1. The molecule has 0 aliphatic rings.